The fraction of sp³-hybridized carbons (Fsp3) is 0.500. The summed E-state index contributed by atoms with van der Waals surface area (Å²) >= 11 is 0. The highest BCUT2D eigenvalue weighted by atomic mass is 19.1. The van der Waals surface area contributed by atoms with Crippen LogP contribution in [0.4, 0.5) is 10.1 Å². The van der Waals surface area contributed by atoms with Gasteiger partial charge in [0, 0.05) is 19.7 Å². The van der Waals surface area contributed by atoms with Crippen molar-refractivity contribution in [2.45, 2.75) is 6.92 Å². The van der Waals surface area contributed by atoms with E-state index >= 15 is 0 Å². The molecule has 16 heavy (non-hydrogen) atoms. The molecule has 0 fully saturated rings. The maximum Gasteiger partial charge on any atom is 0.142 e. The molecule has 1 atom stereocenters. The third-order valence-corrected chi connectivity index (χ3v) is 2.54. The SMILES string of the molecule is COc1ccc(F)cc1N(C)CC(C)CN. The summed E-state index contributed by atoms with van der Waals surface area (Å²) in [5.41, 5.74) is 6.32. The van der Waals surface area contributed by atoms with E-state index in [1.54, 1.807) is 13.2 Å². The van der Waals surface area contributed by atoms with Crippen LogP contribution in [-0.2, 0) is 0 Å². The normalized spacial score (nSPS) is 12.3. The van der Waals surface area contributed by atoms with Gasteiger partial charge in [-0.1, -0.05) is 6.92 Å². The first-order chi connectivity index (χ1) is 7.58. The van der Waals surface area contributed by atoms with Gasteiger partial charge in [0.05, 0.1) is 12.8 Å². The molecule has 0 radical (unpaired) electrons. The van der Waals surface area contributed by atoms with Gasteiger partial charge in [0.2, 0.25) is 0 Å². The zero-order chi connectivity index (χ0) is 12.1. The molecule has 3 nitrogen and oxygen atoms in total. The highest BCUT2D eigenvalue weighted by Crippen LogP contribution is 2.28. The Balaban J connectivity index is 2.88. The molecule has 0 spiro atoms. The van der Waals surface area contributed by atoms with Crippen LogP contribution in [0.5, 0.6) is 5.75 Å². The van der Waals surface area contributed by atoms with Crippen LogP contribution in [0.2, 0.25) is 0 Å². The summed E-state index contributed by atoms with van der Waals surface area (Å²) in [5, 5.41) is 0. The van der Waals surface area contributed by atoms with Gasteiger partial charge >= 0.3 is 0 Å². The Labute approximate surface area is 96.0 Å². The lowest BCUT2D eigenvalue weighted by Gasteiger charge is -2.24. The Bertz CT molecular complexity index is 344. The number of rotatable bonds is 5. The van der Waals surface area contributed by atoms with Gasteiger partial charge in [0.25, 0.3) is 0 Å². The van der Waals surface area contributed by atoms with Crippen LogP contribution in [0.1, 0.15) is 6.92 Å². The molecule has 0 heterocycles. The summed E-state index contributed by atoms with van der Waals surface area (Å²) in [6.45, 7) is 3.44. The molecule has 1 aromatic rings. The monoisotopic (exact) mass is 226 g/mol. The number of anilines is 1. The van der Waals surface area contributed by atoms with E-state index in [0.29, 0.717) is 18.2 Å². The lowest BCUT2D eigenvalue weighted by atomic mass is 10.1. The topological polar surface area (TPSA) is 38.5 Å². The summed E-state index contributed by atoms with van der Waals surface area (Å²) in [5.74, 6) is 0.772. The number of methoxy groups -OCH3 is 1. The van der Waals surface area contributed by atoms with E-state index in [2.05, 4.69) is 6.92 Å². The van der Waals surface area contributed by atoms with E-state index in [4.69, 9.17) is 10.5 Å². The van der Waals surface area contributed by atoms with Crippen LogP contribution < -0.4 is 15.4 Å². The minimum Gasteiger partial charge on any atom is -0.495 e. The second-order valence-electron chi connectivity index (χ2n) is 4.04. The molecule has 1 aromatic carbocycles. The molecule has 0 aliphatic carbocycles. The third-order valence-electron chi connectivity index (χ3n) is 2.54. The molecule has 0 bridgehead atoms. The molecular formula is C12H19FN2O. The van der Waals surface area contributed by atoms with Crippen molar-refractivity contribution in [3.05, 3.63) is 24.0 Å². The van der Waals surface area contributed by atoms with E-state index in [1.807, 2.05) is 11.9 Å². The lowest BCUT2D eigenvalue weighted by molar-refractivity contribution is 0.413. The number of halogens is 1. The van der Waals surface area contributed by atoms with Crippen molar-refractivity contribution in [1.29, 1.82) is 0 Å². The number of hydrogen-bond donors (Lipinski definition) is 1. The molecule has 2 N–H and O–H groups in total. The second-order valence-corrected chi connectivity index (χ2v) is 4.04. The van der Waals surface area contributed by atoms with Gasteiger partial charge in [-0.2, -0.15) is 0 Å². The number of benzene rings is 1. The van der Waals surface area contributed by atoms with Crippen LogP contribution in [-0.4, -0.2) is 27.2 Å². The molecule has 1 unspecified atom stereocenters. The van der Waals surface area contributed by atoms with Gasteiger partial charge in [-0.15, -0.1) is 0 Å². The highest BCUT2D eigenvalue weighted by Gasteiger charge is 2.11. The van der Waals surface area contributed by atoms with Crippen molar-refractivity contribution in [2.24, 2.45) is 11.7 Å². The summed E-state index contributed by atoms with van der Waals surface area (Å²) in [7, 11) is 3.49. The summed E-state index contributed by atoms with van der Waals surface area (Å²) in [6.07, 6.45) is 0. The average Bonchev–Trinajstić information content (AvgIpc) is 2.28. The van der Waals surface area contributed by atoms with Crippen molar-refractivity contribution < 1.29 is 9.13 Å². The number of nitrogens with two attached hydrogens (primary N) is 1. The summed E-state index contributed by atoms with van der Waals surface area (Å²) in [4.78, 5) is 1.96. The van der Waals surface area contributed by atoms with Crippen LogP contribution >= 0.6 is 0 Å². The van der Waals surface area contributed by atoms with Crippen molar-refractivity contribution >= 4 is 5.69 Å². The number of nitrogens with zero attached hydrogens (tertiary/aromatic N) is 1. The first-order valence-corrected chi connectivity index (χ1v) is 5.33. The van der Waals surface area contributed by atoms with E-state index in [-0.39, 0.29) is 5.82 Å². The first-order valence-electron chi connectivity index (χ1n) is 5.33. The smallest absolute Gasteiger partial charge is 0.142 e. The summed E-state index contributed by atoms with van der Waals surface area (Å²) in [6, 6.07) is 4.50. The zero-order valence-electron chi connectivity index (χ0n) is 10.0. The molecule has 1 rings (SSSR count). The molecule has 0 saturated carbocycles. The van der Waals surface area contributed by atoms with Crippen molar-refractivity contribution in [3.8, 4) is 5.75 Å². The molecule has 90 valence electrons. The Hall–Kier alpha value is -1.29. The Morgan fingerprint density at radius 1 is 1.50 bits per heavy atom. The molecule has 0 aromatic heterocycles. The van der Waals surface area contributed by atoms with Gasteiger partial charge < -0.3 is 15.4 Å². The fourth-order valence-corrected chi connectivity index (χ4v) is 1.60. The highest BCUT2D eigenvalue weighted by molar-refractivity contribution is 5.58. The van der Waals surface area contributed by atoms with Gasteiger partial charge in [0.1, 0.15) is 11.6 Å². The Kier molecular flexibility index (Phi) is 4.55. The maximum atomic E-state index is 13.2. The Morgan fingerprint density at radius 3 is 2.75 bits per heavy atom. The second kappa shape index (κ2) is 5.70. The van der Waals surface area contributed by atoms with Crippen molar-refractivity contribution in [2.75, 3.05) is 32.1 Å². The third kappa shape index (κ3) is 3.10. The lowest BCUT2D eigenvalue weighted by Crippen LogP contribution is -2.28. The standard InChI is InChI=1S/C12H19FN2O/c1-9(7-14)8-15(2)11-6-10(13)4-5-12(11)16-3/h4-6,9H,7-8,14H2,1-3H3. The molecule has 0 saturated heterocycles. The van der Waals surface area contributed by atoms with Crippen LogP contribution in [0.25, 0.3) is 0 Å². The van der Waals surface area contributed by atoms with E-state index < -0.39 is 0 Å². The van der Waals surface area contributed by atoms with E-state index in [0.717, 1.165) is 12.2 Å². The molecular weight excluding hydrogens is 207 g/mol. The molecule has 0 aliphatic heterocycles. The van der Waals surface area contributed by atoms with Crippen LogP contribution in [0.15, 0.2) is 18.2 Å². The molecule has 0 amide bonds. The Morgan fingerprint density at radius 2 is 2.19 bits per heavy atom. The van der Waals surface area contributed by atoms with Gasteiger partial charge in [-0.25, -0.2) is 4.39 Å². The number of hydrogen-bond acceptors (Lipinski definition) is 3. The predicted octanol–water partition coefficient (Wildman–Crippen LogP) is 1.87. The molecule has 4 heteroatoms. The fourth-order valence-electron chi connectivity index (χ4n) is 1.60. The van der Waals surface area contributed by atoms with E-state index in [1.165, 1.54) is 12.1 Å². The van der Waals surface area contributed by atoms with Gasteiger partial charge in [-0.3, -0.25) is 0 Å². The van der Waals surface area contributed by atoms with Crippen molar-refractivity contribution in [1.82, 2.24) is 0 Å². The number of ether oxygens (including phenoxy) is 1. The maximum absolute atomic E-state index is 13.2. The minimum atomic E-state index is -0.261. The van der Waals surface area contributed by atoms with Gasteiger partial charge in [-0.05, 0) is 24.6 Å². The first kappa shape index (κ1) is 12.8. The minimum absolute atomic E-state index is 0.261. The van der Waals surface area contributed by atoms with Crippen LogP contribution in [0, 0.1) is 11.7 Å². The summed E-state index contributed by atoms with van der Waals surface area (Å²) < 4.78 is 18.4. The van der Waals surface area contributed by atoms with Gasteiger partial charge in [0.15, 0.2) is 0 Å². The zero-order valence-corrected chi connectivity index (χ0v) is 10.0. The molecule has 0 aliphatic rings. The quantitative estimate of drug-likeness (QED) is 0.833. The van der Waals surface area contributed by atoms with Crippen molar-refractivity contribution in [3.63, 3.8) is 0 Å². The average molecular weight is 226 g/mol. The predicted molar refractivity (Wildman–Crippen MR) is 64.4 cm³/mol. The van der Waals surface area contributed by atoms with Crippen LogP contribution in [0.3, 0.4) is 0 Å². The van der Waals surface area contributed by atoms with E-state index in [9.17, 15) is 4.39 Å². The largest absolute Gasteiger partial charge is 0.495 e.